The van der Waals surface area contributed by atoms with Crippen molar-refractivity contribution in [3.05, 3.63) is 39.6 Å². The number of hydrogen-bond donors (Lipinski definition) is 3. The van der Waals surface area contributed by atoms with Gasteiger partial charge in [0.1, 0.15) is 5.76 Å². The summed E-state index contributed by atoms with van der Waals surface area (Å²) in [6.45, 7) is 1.79. The summed E-state index contributed by atoms with van der Waals surface area (Å²) in [4.78, 5) is 37.7. The molecule has 0 spiro atoms. The van der Waals surface area contributed by atoms with E-state index in [2.05, 4.69) is 20.7 Å². The fourth-order valence-corrected chi connectivity index (χ4v) is 3.34. The van der Waals surface area contributed by atoms with Gasteiger partial charge in [-0.15, -0.1) is 0 Å². The maximum absolute atomic E-state index is 12.4. The Labute approximate surface area is 150 Å². The van der Waals surface area contributed by atoms with Crippen LogP contribution in [0, 0.1) is 6.92 Å². The van der Waals surface area contributed by atoms with Crippen molar-refractivity contribution in [1.82, 2.24) is 25.6 Å². The highest BCUT2D eigenvalue weighted by molar-refractivity contribution is 5.79. The molecule has 2 amide bonds. The minimum absolute atomic E-state index is 0.00932. The van der Waals surface area contributed by atoms with Crippen LogP contribution >= 0.6 is 0 Å². The lowest BCUT2D eigenvalue weighted by atomic mass is 10.1. The maximum Gasteiger partial charge on any atom is 0.267 e. The number of aromatic nitrogens is 3. The van der Waals surface area contributed by atoms with Gasteiger partial charge in [-0.3, -0.25) is 19.5 Å². The molecule has 3 rings (SSSR count). The molecule has 2 aromatic rings. The second kappa shape index (κ2) is 7.59. The zero-order chi connectivity index (χ0) is 18.7. The molecule has 2 heterocycles. The lowest BCUT2D eigenvalue weighted by molar-refractivity contribution is -0.131. The van der Waals surface area contributed by atoms with Crippen molar-refractivity contribution in [2.75, 3.05) is 7.05 Å². The molecule has 1 saturated carbocycles. The van der Waals surface area contributed by atoms with Crippen LogP contribution in [0.15, 0.2) is 21.6 Å². The fraction of sp³-hybridized carbons (Fsp3) is 0.529. The summed E-state index contributed by atoms with van der Waals surface area (Å²) < 4.78 is 4.99. The Balaban J connectivity index is 1.48. The van der Waals surface area contributed by atoms with Crippen molar-refractivity contribution in [3.63, 3.8) is 0 Å². The Morgan fingerprint density at radius 2 is 2.19 bits per heavy atom. The van der Waals surface area contributed by atoms with Crippen molar-refractivity contribution in [2.45, 2.75) is 51.1 Å². The van der Waals surface area contributed by atoms with Gasteiger partial charge in [-0.2, -0.15) is 0 Å². The first-order valence-electron chi connectivity index (χ1n) is 8.64. The number of aryl methyl sites for hydroxylation is 1. The van der Waals surface area contributed by atoms with Gasteiger partial charge in [0, 0.05) is 37.0 Å². The quantitative estimate of drug-likeness (QED) is 0.682. The first kappa shape index (κ1) is 18.0. The second-order valence-corrected chi connectivity index (χ2v) is 6.79. The average Bonchev–Trinajstić information content (AvgIpc) is 3.30. The number of amides is 2. The molecule has 2 unspecified atom stereocenters. The molecule has 140 valence electrons. The number of H-pyrrole nitrogens is 2. The number of aromatic amines is 2. The van der Waals surface area contributed by atoms with E-state index in [4.69, 9.17) is 4.52 Å². The van der Waals surface area contributed by atoms with Gasteiger partial charge in [0.2, 0.25) is 11.8 Å². The molecule has 3 N–H and O–H groups in total. The van der Waals surface area contributed by atoms with Crippen molar-refractivity contribution in [1.29, 1.82) is 0 Å². The SMILES string of the molecule is Cc1cc(CC(=O)N(C)C2CCC(NC(=O)Cc3c[nH][nH]c3=O)C2)no1. The summed E-state index contributed by atoms with van der Waals surface area (Å²) in [7, 11) is 1.78. The summed E-state index contributed by atoms with van der Waals surface area (Å²) in [6, 6.07) is 1.85. The smallest absolute Gasteiger partial charge is 0.267 e. The summed E-state index contributed by atoms with van der Waals surface area (Å²) in [5.74, 6) is 0.474. The lowest BCUT2D eigenvalue weighted by Gasteiger charge is -2.24. The normalized spacial score (nSPS) is 19.5. The van der Waals surface area contributed by atoms with Crippen molar-refractivity contribution < 1.29 is 14.1 Å². The van der Waals surface area contributed by atoms with Crippen LogP contribution in [0.4, 0.5) is 0 Å². The molecule has 1 fully saturated rings. The molecule has 0 bridgehead atoms. The van der Waals surface area contributed by atoms with Crippen LogP contribution in [0.25, 0.3) is 0 Å². The standard InChI is InChI=1S/C17H23N5O4/c1-10-5-13(21-26-10)8-16(24)22(2)14-4-3-12(7-14)19-15(23)6-11-9-18-20-17(11)25/h5,9,12,14H,3-4,6-8H2,1-2H3,(H,19,23)(H2,18,20,25). The summed E-state index contributed by atoms with van der Waals surface area (Å²) in [5.41, 5.74) is 0.754. The third-order valence-electron chi connectivity index (χ3n) is 4.80. The highest BCUT2D eigenvalue weighted by Gasteiger charge is 2.31. The van der Waals surface area contributed by atoms with Crippen LogP contribution < -0.4 is 10.9 Å². The highest BCUT2D eigenvalue weighted by atomic mass is 16.5. The summed E-state index contributed by atoms with van der Waals surface area (Å²) in [5, 5.41) is 11.8. The first-order chi connectivity index (χ1) is 12.4. The van der Waals surface area contributed by atoms with Gasteiger partial charge >= 0.3 is 0 Å². The van der Waals surface area contributed by atoms with Crippen molar-refractivity contribution in [2.24, 2.45) is 0 Å². The van der Waals surface area contributed by atoms with E-state index >= 15 is 0 Å². The number of nitrogens with zero attached hydrogens (tertiary/aromatic N) is 2. The zero-order valence-corrected chi connectivity index (χ0v) is 14.9. The second-order valence-electron chi connectivity index (χ2n) is 6.79. The molecule has 0 aromatic carbocycles. The van der Waals surface area contributed by atoms with Crippen LogP contribution in [0.5, 0.6) is 0 Å². The van der Waals surface area contributed by atoms with E-state index in [9.17, 15) is 14.4 Å². The van der Waals surface area contributed by atoms with Gasteiger partial charge in [0.25, 0.3) is 5.56 Å². The van der Waals surface area contributed by atoms with Crippen LogP contribution in [-0.4, -0.2) is 51.2 Å². The number of carbonyl (C=O) groups excluding carboxylic acids is 2. The molecule has 1 aliphatic carbocycles. The van der Waals surface area contributed by atoms with E-state index in [1.54, 1.807) is 24.9 Å². The van der Waals surface area contributed by atoms with Crippen molar-refractivity contribution >= 4 is 11.8 Å². The minimum atomic E-state index is -0.280. The molecule has 0 radical (unpaired) electrons. The van der Waals surface area contributed by atoms with Gasteiger partial charge in [0.15, 0.2) is 0 Å². The molecule has 9 nitrogen and oxygen atoms in total. The third-order valence-corrected chi connectivity index (χ3v) is 4.80. The number of rotatable bonds is 6. The molecular weight excluding hydrogens is 338 g/mol. The summed E-state index contributed by atoms with van der Waals surface area (Å²) >= 11 is 0. The Bertz CT molecular complexity index is 836. The predicted molar refractivity (Wildman–Crippen MR) is 92.4 cm³/mol. The molecular formula is C17H23N5O4. The van der Waals surface area contributed by atoms with Crippen LogP contribution in [0.1, 0.15) is 36.3 Å². The molecule has 2 aromatic heterocycles. The largest absolute Gasteiger partial charge is 0.361 e. The van der Waals surface area contributed by atoms with Crippen LogP contribution in [0.2, 0.25) is 0 Å². The third kappa shape index (κ3) is 4.22. The van der Waals surface area contributed by atoms with E-state index in [-0.39, 0.29) is 42.3 Å². The number of carbonyl (C=O) groups is 2. The van der Waals surface area contributed by atoms with Gasteiger partial charge in [0.05, 0.1) is 18.5 Å². The number of likely N-dealkylation sites (N-methyl/N-ethyl adjacent to an activating group) is 1. The average molecular weight is 361 g/mol. The van der Waals surface area contributed by atoms with Crippen LogP contribution in [0.3, 0.4) is 0 Å². The number of hydrogen-bond acceptors (Lipinski definition) is 5. The molecule has 26 heavy (non-hydrogen) atoms. The highest BCUT2D eigenvalue weighted by Crippen LogP contribution is 2.24. The van der Waals surface area contributed by atoms with Gasteiger partial charge < -0.3 is 19.8 Å². The van der Waals surface area contributed by atoms with E-state index < -0.39 is 0 Å². The van der Waals surface area contributed by atoms with E-state index in [0.29, 0.717) is 23.4 Å². The first-order valence-corrected chi connectivity index (χ1v) is 8.64. The van der Waals surface area contributed by atoms with Gasteiger partial charge in [-0.1, -0.05) is 5.16 Å². The van der Waals surface area contributed by atoms with E-state index in [1.807, 2.05) is 0 Å². The number of nitrogens with one attached hydrogen (secondary N) is 3. The lowest BCUT2D eigenvalue weighted by Crippen LogP contribution is -2.39. The minimum Gasteiger partial charge on any atom is -0.361 e. The molecule has 2 atom stereocenters. The molecule has 9 heteroatoms. The maximum atomic E-state index is 12.4. The molecule has 0 saturated heterocycles. The van der Waals surface area contributed by atoms with Gasteiger partial charge in [-0.05, 0) is 26.2 Å². The van der Waals surface area contributed by atoms with Crippen molar-refractivity contribution in [3.8, 4) is 0 Å². The van der Waals surface area contributed by atoms with E-state index in [1.165, 1.54) is 6.20 Å². The Morgan fingerprint density at radius 1 is 1.38 bits per heavy atom. The Kier molecular flexibility index (Phi) is 5.24. The molecule has 1 aliphatic rings. The fourth-order valence-electron chi connectivity index (χ4n) is 3.34. The van der Waals surface area contributed by atoms with Gasteiger partial charge in [-0.25, -0.2) is 0 Å². The zero-order valence-electron chi connectivity index (χ0n) is 14.9. The molecule has 0 aliphatic heterocycles. The summed E-state index contributed by atoms with van der Waals surface area (Å²) in [6.07, 6.45) is 4.08. The monoisotopic (exact) mass is 361 g/mol. The van der Waals surface area contributed by atoms with E-state index in [0.717, 1.165) is 12.8 Å². The van der Waals surface area contributed by atoms with Crippen LogP contribution in [-0.2, 0) is 22.4 Å². The Morgan fingerprint density at radius 3 is 2.85 bits per heavy atom. The topological polar surface area (TPSA) is 124 Å². The Hall–Kier alpha value is -2.84. The predicted octanol–water partition coefficient (Wildman–Crippen LogP) is 0.280.